The molecule has 6 nitrogen and oxygen atoms in total. The molecule has 224 valence electrons. The van der Waals surface area contributed by atoms with Crippen molar-refractivity contribution in [2.75, 3.05) is 7.11 Å². The lowest BCUT2D eigenvalue weighted by Gasteiger charge is -2.12. The summed E-state index contributed by atoms with van der Waals surface area (Å²) in [6.45, 7) is 6.64. The predicted molar refractivity (Wildman–Crippen MR) is 182 cm³/mol. The van der Waals surface area contributed by atoms with Gasteiger partial charge < -0.3 is 9.47 Å². The lowest BCUT2D eigenvalue weighted by molar-refractivity contribution is 0.414. The van der Waals surface area contributed by atoms with E-state index in [1.807, 2.05) is 59.4 Å². The Morgan fingerprint density at radius 2 is 1.56 bits per heavy atom. The highest BCUT2D eigenvalue weighted by Gasteiger charge is 2.15. The number of pyridine rings is 1. The van der Waals surface area contributed by atoms with Crippen LogP contribution in [0, 0.1) is 13.8 Å². The van der Waals surface area contributed by atoms with Crippen LogP contribution in [0.4, 0.5) is 0 Å². The molecular formula is C39H36N4O2. The van der Waals surface area contributed by atoms with Crippen molar-refractivity contribution in [2.24, 2.45) is 0 Å². The Labute approximate surface area is 263 Å². The van der Waals surface area contributed by atoms with Crippen LogP contribution >= 0.6 is 0 Å². The van der Waals surface area contributed by atoms with E-state index in [4.69, 9.17) is 14.6 Å². The van der Waals surface area contributed by atoms with Crippen LogP contribution in [0.15, 0.2) is 110 Å². The number of rotatable bonds is 9. The van der Waals surface area contributed by atoms with Gasteiger partial charge in [-0.3, -0.25) is 4.57 Å². The molecule has 0 aliphatic carbocycles. The van der Waals surface area contributed by atoms with Crippen molar-refractivity contribution in [3.63, 3.8) is 0 Å². The van der Waals surface area contributed by atoms with E-state index in [0.29, 0.717) is 0 Å². The number of hydrogen-bond donors (Lipinski definition) is 0. The fourth-order valence-electron chi connectivity index (χ4n) is 6.36. The molecule has 0 unspecified atom stereocenters. The van der Waals surface area contributed by atoms with Gasteiger partial charge in [-0.2, -0.15) is 5.10 Å². The van der Waals surface area contributed by atoms with Crippen molar-refractivity contribution in [1.29, 1.82) is 0 Å². The highest BCUT2D eigenvalue weighted by atomic mass is 16.5. The number of ether oxygens (including phenoxy) is 2. The highest BCUT2D eigenvalue weighted by molar-refractivity contribution is 6.09. The molecule has 0 N–H and O–H groups in total. The lowest BCUT2D eigenvalue weighted by atomic mass is 9.94. The van der Waals surface area contributed by atoms with Gasteiger partial charge in [0, 0.05) is 46.9 Å². The summed E-state index contributed by atoms with van der Waals surface area (Å²) in [5.41, 5.74) is 9.36. The molecule has 6 heteroatoms. The molecule has 3 aromatic heterocycles. The van der Waals surface area contributed by atoms with Crippen molar-refractivity contribution in [2.45, 2.75) is 40.0 Å². The number of benzene rings is 4. The predicted octanol–water partition coefficient (Wildman–Crippen LogP) is 9.79. The van der Waals surface area contributed by atoms with E-state index < -0.39 is 0 Å². The fourth-order valence-corrected chi connectivity index (χ4v) is 6.36. The van der Waals surface area contributed by atoms with Gasteiger partial charge in [0.2, 0.25) is 0 Å². The smallest absolute Gasteiger partial charge is 0.141 e. The Hall–Kier alpha value is -5.36. The summed E-state index contributed by atoms with van der Waals surface area (Å²) < 4.78 is 16.0. The molecule has 3 heterocycles. The molecule has 4 aromatic carbocycles. The van der Waals surface area contributed by atoms with Gasteiger partial charge in [0.1, 0.15) is 23.1 Å². The average molecular weight is 593 g/mol. The number of nitrogens with zero attached hydrogens (tertiary/aromatic N) is 4. The zero-order valence-corrected chi connectivity index (χ0v) is 26.1. The van der Waals surface area contributed by atoms with Gasteiger partial charge in [0.05, 0.1) is 30.0 Å². The molecule has 0 aliphatic rings. The maximum absolute atomic E-state index is 6.46. The summed E-state index contributed by atoms with van der Waals surface area (Å²) in [7, 11) is 1.67. The average Bonchev–Trinajstić information content (AvgIpc) is 3.67. The monoisotopic (exact) mass is 592 g/mol. The summed E-state index contributed by atoms with van der Waals surface area (Å²) in [4.78, 5) is 4.67. The molecule has 0 amide bonds. The van der Waals surface area contributed by atoms with E-state index in [0.717, 1.165) is 62.5 Å². The number of aryl methyl sites for hydroxylation is 3. The Balaban J connectivity index is 1.21. The molecule has 0 saturated heterocycles. The Bertz CT molecular complexity index is 2130. The van der Waals surface area contributed by atoms with Crippen molar-refractivity contribution < 1.29 is 9.47 Å². The van der Waals surface area contributed by atoms with Crippen molar-refractivity contribution >= 4 is 21.8 Å². The zero-order valence-electron chi connectivity index (χ0n) is 26.1. The van der Waals surface area contributed by atoms with Gasteiger partial charge in [-0.1, -0.05) is 49.7 Å². The topological polar surface area (TPSA) is 54.1 Å². The second-order valence-electron chi connectivity index (χ2n) is 11.6. The van der Waals surface area contributed by atoms with E-state index in [1.54, 1.807) is 13.3 Å². The standard InChI is InChI=1S/C39H36N4O2/c1-5-6-10-28-19-26(2)39(27(3)20-28)29-24-41-42(25-29)30-11-9-12-32(21-30)45-33-15-16-35-34-13-7-8-14-36(34)43(37(35)22-33)38-23-31(44-4)17-18-40-38/h7-9,11-25H,5-6,10H2,1-4H3. The number of hydrogen-bond acceptors (Lipinski definition) is 4. The molecule has 0 bridgehead atoms. The van der Waals surface area contributed by atoms with Gasteiger partial charge in [-0.05, 0) is 85.3 Å². The van der Waals surface area contributed by atoms with Crippen molar-refractivity contribution in [1.82, 2.24) is 19.3 Å². The minimum Gasteiger partial charge on any atom is -0.497 e. The van der Waals surface area contributed by atoms with Crippen LogP contribution in [0.25, 0.3) is 44.4 Å². The number of methoxy groups -OCH3 is 1. The van der Waals surface area contributed by atoms with E-state index in [2.05, 4.69) is 79.0 Å². The molecule has 0 aliphatic heterocycles. The summed E-state index contributed by atoms with van der Waals surface area (Å²) >= 11 is 0. The van der Waals surface area contributed by atoms with Crippen LogP contribution in [-0.2, 0) is 6.42 Å². The molecule has 0 spiro atoms. The maximum atomic E-state index is 6.46. The number of para-hydroxylation sites is 1. The third-order valence-electron chi connectivity index (χ3n) is 8.43. The Kier molecular flexibility index (Phi) is 7.55. The van der Waals surface area contributed by atoms with Crippen molar-refractivity contribution in [3.8, 4) is 39.9 Å². The van der Waals surface area contributed by atoms with Gasteiger partial charge in [-0.25, -0.2) is 9.67 Å². The lowest BCUT2D eigenvalue weighted by Crippen LogP contribution is -1.98. The highest BCUT2D eigenvalue weighted by Crippen LogP contribution is 2.36. The van der Waals surface area contributed by atoms with Crippen LogP contribution < -0.4 is 9.47 Å². The number of unbranched alkanes of at least 4 members (excludes halogenated alkanes) is 1. The van der Waals surface area contributed by atoms with Gasteiger partial charge >= 0.3 is 0 Å². The first kappa shape index (κ1) is 28.4. The van der Waals surface area contributed by atoms with E-state index in [9.17, 15) is 0 Å². The molecule has 0 saturated carbocycles. The third-order valence-corrected chi connectivity index (χ3v) is 8.43. The summed E-state index contributed by atoms with van der Waals surface area (Å²) in [6, 6.07) is 31.1. The van der Waals surface area contributed by atoms with E-state index in [-0.39, 0.29) is 0 Å². The zero-order chi connectivity index (χ0) is 30.9. The molecule has 45 heavy (non-hydrogen) atoms. The number of fused-ring (bicyclic) bond motifs is 3. The largest absolute Gasteiger partial charge is 0.497 e. The fraction of sp³-hybridized carbons (Fsp3) is 0.179. The quantitative estimate of drug-likeness (QED) is 0.167. The van der Waals surface area contributed by atoms with Crippen LogP contribution in [-0.4, -0.2) is 26.4 Å². The Morgan fingerprint density at radius 3 is 2.38 bits per heavy atom. The van der Waals surface area contributed by atoms with Crippen molar-refractivity contribution in [3.05, 3.63) is 126 Å². The van der Waals surface area contributed by atoms with Crippen LogP contribution in [0.3, 0.4) is 0 Å². The molecule has 0 radical (unpaired) electrons. The van der Waals surface area contributed by atoms with Crippen LogP contribution in [0.5, 0.6) is 17.2 Å². The third kappa shape index (κ3) is 5.44. The first-order valence-electron chi connectivity index (χ1n) is 15.5. The minimum absolute atomic E-state index is 0.735. The number of aromatic nitrogens is 4. The summed E-state index contributed by atoms with van der Waals surface area (Å²) in [5, 5.41) is 7.01. The molecular weight excluding hydrogens is 556 g/mol. The minimum atomic E-state index is 0.735. The second-order valence-corrected chi connectivity index (χ2v) is 11.6. The van der Waals surface area contributed by atoms with Gasteiger partial charge in [0.15, 0.2) is 0 Å². The summed E-state index contributed by atoms with van der Waals surface area (Å²) in [5.74, 6) is 3.02. The second kappa shape index (κ2) is 12.0. The molecule has 7 aromatic rings. The Morgan fingerprint density at radius 1 is 0.756 bits per heavy atom. The maximum Gasteiger partial charge on any atom is 0.141 e. The van der Waals surface area contributed by atoms with E-state index >= 15 is 0 Å². The van der Waals surface area contributed by atoms with Gasteiger partial charge in [0.25, 0.3) is 0 Å². The first-order chi connectivity index (χ1) is 22.0. The van der Waals surface area contributed by atoms with Crippen LogP contribution in [0.1, 0.15) is 36.5 Å². The normalized spacial score (nSPS) is 11.4. The SMILES string of the molecule is CCCCc1cc(C)c(-c2cnn(-c3cccc(Oc4ccc5c6ccccc6n(-c6cc(OC)ccn6)c5c4)c3)c2)c(C)c1. The molecule has 0 atom stereocenters. The summed E-state index contributed by atoms with van der Waals surface area (Å²) in [6.07, 6.45) is 9.37. The molecule has 7 rings (SSSR count). The first-order valence-corrected chi connectivity index (χ1v) is 15.5. The molecule has 0 fully saturated rings. The van der Waals surface area contributed by atoms with Crippen LogP contribution in [0.2, 0.25) is 0 Å². The van der Waals surface area contributed by atoms with Gasteiger partial charge in [-0.15, -0.1) is 0 Å². The van der Waals surface area contributed by atoms with E-state index in [1.165, 1.54) is 35.1 Å².